The van der Waals surface area contributed by atoms with Crippen molar-refractivity contribution in [3.63, 3.8) is 0 Å². The van der Waals surface area contributed by atoms with Crippen LogP contribution in [0.25, 0.3) is 0 Å². The third kappa shape index (κ3) is 3.14. The van der Waals surface area contributed by atoms with Gasteiger partial charge in [0.15, 0.2) is 0 Å². The molecule has 0 atom stereocenters. The largest absolute Gasteiger partial charge is 0.494 e. The Kier molecular flexibility index (Phi) is 5.13. The van der Waals surface area contributed by atoms with Crippen LogP contribution in [0.5, 0.6) is 0 Å². The Balaban J connectivity index is 2.87. The van der Waals surface area contributed by atoms with Crippen LogP contribution in [0.2, 0.25) is 0 Å². The van der Waals surface area contributed by atoms with Gasteiger partial charge in [-0.25, -0.2) is 0 Å². The van der Waals surface area contributed by atoms with Gasteiger partial charge in [-0.15, -0.1) is 0 Å². The smallest absolute Gasteiger partial charge is 0.118 e. The van der Waals surface area contributed by atoms with E-state index < -0.39 is 0 Å². The standard InChI is InChI=1S/C13H25NO2/c1-10(2)12-13(11(3)4)16-9-7-14(12)6-8-15-5/h10-11H,6-9H2,1-5H3. The van der Waals surface area contributed by atoms with E-state index in [0.717, 1.165) is 32.1 Å². The molecule has 0 unspecified atom stereocenters. The zero-order valence-electron chi connectivity index (χ0n) is 11.2. The molecule has 0 amide bonds. The van der Waals surface area contributed by atoms with Crippen molar-refractivity contribution in [1.29, 1.82) is 0 Å². The summed E-state index contributed by atoms with van der Waals surface area (Å²) in [5.41, 5.74) is 1.36. The number of hydrogen-bond acceptors (Lipinski definition) is 3. The van der Waals surface area contributed by atoms with Crippen LogP contribution in [0.3, 0.4) is 0 Å². The molecule has 0 aliphatic carbocycles. The molecule has 3 nitrogen and oxygen atoms in total. The van der Waals surface area contributed by atoms with E-state index in [1.54, 1.807) is 7.11 Å². The Labute approximate surface area is 99.4 Å². The Morgan fingerprint density at radius 2 is 1.94 bits per heavy atom. The maximum Gasteiger partial charge on any atom is 0.118 e. The Bertz CT molecular complexity index is 246. The quantitative estimate of drug-likeness (QED) is 0.720. The van der Waals surface area contributed by atoms with E-state index in [-0.39, 0.29) is 0 Å². The highest BCUT2D eigenvalue weighted by Crippen LogP contribution is 2.28. The summed E-state index contributed by atoms with van der Waals surface area (Å²) in [6, 6.07) is 0. The molecule has 94 valence electrons. The summed E-state index contributed by atoms with van der Waals surface area (Å²) in [6.07, 6.45) is 0. The lowest BCUT2D eigenvalue weighted by molar-refractivity contribution is 0.0813. The molecule has 0 radical (unpaired) electrons. The Hall–Kier alpha value is -0.700. The SMILES string of the molecule is COCCN1CCOC(C(C)C)=C1C(C)C. The first-order chi connectivity index (χ1) is 7.57. The molecule has 1 heterocycles. The summed E-state index contributed by atoms with van der Waals surface area (Å²) < 4.78 is 11.0. The van der Waals surface area contributed by atoms with Crippen molar-refractivity contribution in [2.45, 2.75) is 27.7 Å². The topological polar surface area (TPSA) is 21.7 Å². The highest BCUT2D eigenvalue weighted by atomic mass is 16.5. The molecule has 0 aromatic heterocycles. The second kappa shape index (κ2) is 6.14. The second-order valence-corrected chi connectivity index (χ2v) is 4.89. The van der Waals surface area contributed by atoms with Crippen LogP contribution in [0, 0.1) is 11.8 Å². The van der Waals surface area contributed by atoms with Crippen LogP contribution in [-0.4, -0.2) is 38.3 Å². The van der Waals surface area contributed by atoms with Crippen LogP contribution < -0.4 is 0 Å². The van der Waals surface area contributed by atoms with Gasteiger partial charge in [0.2, 0.25) is 0 Å². The van der Waals surface area contributed by atoms with Crippen LogP contribution in [0.1, 0.15) is 27.7 Å². The minimum absolute atomic E-state index is 0.461. The van der Waals surface area contributed by atoms with Crippen LogP contribution in [0.4, 0.5) is 0 Å². The van der Waals surface area contributed by atoms with Crippen LogP contribution in [-0.2, 0) is 9.47 Å². The third-order valence-electron chi connectivity index (χ3n) is 2.85. The van der Waals surface area contributed by atoms with Gasteiger partial charge in [0, 0.05) is 19.6 Å². The fourth-order valence-electron chi connectivity index (χ4n) is 2.16. The zero-order valence-corrected chi connectivity index (χ0v) is 11.2. The minimum Gasteiger partial charge on any atom is -0.494 e. The third-order valence-corrected chi connectivity index (χ3v) is 2.85. The molecule has 16 heavy (non-hydrogen) atoms. The molecule has 0 bridgehead atoms. The first kappa shape index (κ1) is 13.4. The number of methoxy groups -OCH3 is 1. The normalized spacial score (nSPS) is 17.3. The van der Waals surface area contributed by atoms with Gasteiger partial charge in [-0.3, -0.25) is 0 Å². The van der Waals surface area contributed by atoms with Crippen molar-refractivity contribution < 1.29 is 9.47 Å². The van der Waals surface area contributed by atoms with E-state index >= 15 is 0 Å². The maximum atomic E-state index is 5.82. The van der Waals surface area contributed by atoms with Crippen molar-refractivity contribution in [2.24, 2.45) is 11.8 Å². The molecule has 0 saturated carbocycles. The number of allylic oxidation sites excluding steroid dienone is 2. The molecular weight excluding hydrogens is 202 g/mol. The maximum absolute atomic E-state index is 5.82. The number of rotatable bonds is 5. The molecule has 0 N–H and O–H groups in total. The minimum atomic E-state index is 0.461. The van der Waals surface area contributed by atoms with Gasteiger partial charge in [0.05, 0.1) is 18.8 Å². The summed E-state index contributed by atoms with van der Waals surface area (Å²) in [5.74, 6) is 2.13. The van der Waals surface area contributed by atoms with Crippen LogP contribution in [0.15, 0.2) is 11.5 Å². The fraction of sp³-hybridized carbons (Fsp3) is 0.846. The van der Waals surface area contributed by atoms with Gasteiger partial charge in [-0.1, -0.05) is 27.7 Å². The summed E-state index contributed by atoms with van der Waals surface area (Å²) >= 11 is 0. The highest BCUT2D eigenvalue weighted by molar-refractivity contribution is 5.14. The van der Waals surface area contributed by atoms with E-state index in [4.69, 9.17) is 9.47 Å². The molecule has 0 fully saturated rings. The second-order valence-electron chi connectivity index (χ2n) is 4.89. The summed E-state index contributed by atoms with van der Waals surface area (Å²) in [5, 5.41) is 0. The first-order valence-electron chi connectivity index (χ1n) is 6.18. The lowest BCUT2D eigenvalue weighted by Crippen LogP contribution is -2.37. The average Bonchev–Trinajstić information content (AvgIpc) is 2.25. The van der Waals surface area contributed by atoms with Crippen molar-refractivity contribution >= 4 is 0 Å². The van der Waals surface area contributed by atoms with E-state index in [0.29, 0.717) is 11.8 Å². The molecule has 1 rings (SSSR count). The molecule has 0 aromatic carbocycles. The molecule has 0 aromatic rings. The van der Waals surface area contributed by atoms with Gasteiger partial charge in [0.1, 0.15) is 12.4 Å². The van der Waals surface area contributed by atoms with Gasteiger partial charge in [-0.2, -0.15) is 0 Å². The number of ether oxygens (including phenoxy) is 2. The molecule has 0 spiro atoms. The molecule has 3 heteroatoms. The summed E-state index contributed by atoms with van der Waals surface area (Å²) in [6.45, 7) is 12.4. The first-order valence-corrected chi connectivity index (χ1v) is 6.18. The van der Waals surface area contributed by atoms with Crippen molar-refractivity contribution in [1.82, 2.24) is 4.90 Å². The Morgan fingerprint density at radius 3 is 2.44 bits per heavy atom. The van der Waals surface area contributed by atoms with Crippen molar-refractivity contribution in [3.8, 4) is 0 Å². The van der Waals surface area contributed by atoms with Crippen molar-refractivity contribution in [2.75, 3.05) is 33.4 Å². The zero-order chi connectivity index (χ0) is 12.1. The molecule has 0 saturated heterocycles. The lowest BCUT2D eigenvalue weighted by atomic mass is 10.0. The van der Waals surface area contributed by atoms with Gasteiger partial charge < -0.3 is 14.4 Å². The molecule has 1 aliphatic rings. The van der Waals surface area contributed by atoms with Crippen LogP contribution >= 0.6 is 0 Å². The van der Waals surface area contributed by atoms with E-state index in [1.807, 2.05) is 0 Å². The van der Waals surface area contributed by atoms with E-state index in [2.05, 4.69) is 32.6 Å². The van der Waals surface area contributed by atoms with E-state index in [1.165, 1.54) is 5.70 Å². The monoisotopic (exact) mass is 227 g/mol. The summed E-state index contributed by atoms with van der Waals surface area (Å²) in [7, 11) is 1.75. The molecule has 1 aliphatic heterocycles. The lowest BCUT2D eigenvalue weighted by Gasteiger charge is -2.37. The van der Waals surface area contributed by atoms with Gasteiger partial charge in [0.25, 0.3) is 0 Å². The molecular formula is C13H25NO2. The number of nitrogens with zero attached hydrogens (tertiary/aromatic N) is 1. The predicted molar refractivity (Wildman–Crippen MR) is 66.1 cm³/mol. The van der Waals surface area contributed by atoms with Crippen molar-refractivity contribution in [3.05, 3.63) is 11.5 Å². The van der Waals surface area contributed by atoms with Gasteiger partial charge >= 0.3 is 0 Å². The highest BCUT2D eigenvalue weighted by Gasteiger charge is 2.25. The van der Waals surface area contributed by atoms with E-state index in [9.17, 15) is 0 Å². The van der Waals surface area contributed by atoms with Gasteiger partial charge in [-0.05, 0) is 5.92 Å². The average molecular weight is 227 g/mol. The Morgan fingerprint density at radius 1 is 1.25 bits per heavy atom. The fourth-order valence-corrected chi connectivity index (χ4v) is 2.16. The summed E-state index contributed by atoms with van der Waals surface area (Å²) in [4.78, 5) is 2.41. The number of hydrogen-bond donors (Lipinski definition) is 0. The predicted octanol–water partition coefficient (Wildman–Crippen LogP) is 2.49.